The molecule has 35 heavy (non-hydrogen) atoms. The summed E-state index contributed by atoms with van der Waals surface area (Å²) < 4.78 is 25.9. The van der Waals surface area contributed by atoms with Crippen molar-refractivity contribution in [1.82, 2.24) is 10.2 Å². The number of anilines is 1. The normalized spacial score (nSPS) is 14.4. The van der Waals surface area contributed by atoms with Gasteiger partial charge in [0, 0.05) is 23.8 Å². The Hall–Kier alpha value is -2.87. The highest BCUT2D eigenvalue weighted by molar-refractivity contribution is 7.90. The Labute approximate surface area is 212 Å². The molecule has 1 aliphatic rings. The summed E-state index contributed by atoms with van der Waals surface area (Å²) in [6.45, 7) is 5.65. The lowest BCUT2D eigenvalue weighted by Gasteiger charge is -2.17. The molecule has 1 atom stereocenters. The number of rotatable bonds is 7. The molecule has 8 heteroatoms. The predicted molar refractivity (Wildman–Crippen MR) is 140 cm³/mol. The van der Waals surface area contributed by atoms with E-state index in [-0.39, 0.29) is 16.7 Å². The van der Waals surface area contributed by atoms with Crippen LogP contribution in [0.15, 0.2) is 65.6 Å². The molecule has 3 aromatic rings. The fourth-order valence-electron chi connectivity index (χ4n) is 4.34. The second kappa shape index (κ2) is 10.4. The minimum Gasteiger partial charge on any atom is -0.331 e. The van der Waals surface area contributed by atoms with E-state index in [9.17, 15) is 13.2 Å². The number of nitrogens with one attached hydrogen (secondary N) is 2. The quantitative estimate of drug-likeness (QED) is 0.426. The van der Waals surface area contributed by atoms with E-state index < -0.39 is 15.9 Å². The van der Waals surface area contributed by atoms with Crippen molar-refractivity contribution in [3.8, 4) is 0 Å². The average molecular weight is 512 g/mol. The zero-order valence-corrected chi connectivity index (χ0v) is 21.7. The number of benzene rings is 3. The van der Waals surface area contributed by atoms with Crippen molar-refractivity contribution in [2.75, 3.05) is 12.4 Å². The summed E-state index contributed by atoms with van der Waals surface area (Å²) in [6.07, 6.45) is 0.877. The van der Waals surface area contributed by atoms with Gasteiger partial charge in [-0.2, -0.15) is 0 Å². The number of amides is 2. The van der Waals surface area contributed by atoms with Gasteiger partial charge in [-0.25, -0.2) is 13.2 Å². The monoisotopic (exact) mass is 511 g/mol. The second-order valence-corrected chi connectivity index (χ2v) is 11.5. The molecule has 0 fully saturated rings. The SMILES string of the molecule is CCc1ccc(Cl)c(C(C)NC(=O)Nc2ccc(S(=O)(=O)Cc3ccc4c(c3)CN(C)C4)cc2)c1. The predicted octanol–water partition coefficient (Wildman–Crippen LogP) is 5.70. The Morgan fingerprint density at radius 1 is 1.00 bits per heavy atom. The number of urea groups is 1. The summed E-state index contributed by atoms with van der Waals surface area (Å²) in [4.78, 5) is 14.9. The van der Waals surface area contributed by atoms with Crippen LogP contribution in [0.1, 0.15) is 47.7 Å². The van der Waals surface area contributed by atoms with Gasteiger partial charge in [0.1, 0.15) is 0 Å². The first-order valence-electron chi connectivity index (χ1n) is 11.6. The molecule has 0 radical (unpaired) electrons. The van der Waals surface area contributed by atoms with Crippen molar-refractivity contribution in [2.24, 2.45) is 0 Å². The fraction of sp³-hybridized carbons (Fsp3) is 0.296. The standard InChI is InChI=1S/C27H30ClN3O3S/c1-4-19-6-12-26(28)25(14-19)18(2)29-27(32)30-23-8-10-24(11-9-23)35(33,34)17-20-5-7-21-15-31(3)16-22(21)13-20/h5-14,18H,4,15-17H2,1-3H3,(H2,29,30,32). The van der Waals surface area contributed by atoms with E-state index in [1.54, 1.807) is 12.1 Å². The van der Waals surface area contributed by atoms with Crippen LogP contribution in [0.25, 0.3) is 0 Å². The van der Waals surface area contributed by atoms with Gasteiger partial charge in [0.2, 0.25) is 0 Å². The molecule has 0 saturated carbocycles. The summed E-state index contributed by atoms with van der Waals surface area (Å²) in [7, 11) is -1.47. The van der Waals surface area contributed by atoms with Gasteiger partial charge in [-0.15, -0.1) is 0 Å². The molecule has 1 unspecified atom stereocenters. The zero-order chi connectivity index (χ0) is 25.2. The highest BCUT2D eigenvalue weighted by atomic mass is 35.5. The van der Waals surface area contributed by atoms with Crippen molar-refractivity contribution in [3.05, 3.63) is 93.5 Å². The van der Waals surface area contributed by atoms with E-state index in [0.29, 0.717) is 10.7 Å². The third-order valence-corrected chi connectivity index (χ3v) is 8.31. The molecule has 2 amide bonds. The van der Waals surface area contributed by atoms with Crippen LogP contribution in [0.3, 0.4) is 0 Å². The van der Waals surface area contributed by atoms with Gasteiger partial charge in [0.15, 0.2) is 9.84 Å². The lowest BCUT2D eigenvalue weighted by atomic mass is 10.0. The number of carbonyl (C=O) groups is 1. The van der Waals surface area contributed by atoms with E-state index >= 15 is 0 Å². The number of hydrogen-bond acceptors (Lipinski definition) is 4. The highest BCUT2D eigenvalue weighted by Crippen LogP contribution is 2.26. The van der Waals surface area contributed by atoms with Gasteiger partial charge in [-0.1, -0.05) is 48.9 Å². The third-order valence-electron chi connectivity index (χ3n) is 6.26. The van der Waals surface area contributed by atoms with Gasteiger partial charge in [0.25, 0.3) is 0 Å². The first-order chi connectivity index (χ1) is 16.6. The Balaban J connectivity index is 1.38. The zero-order valence-electron chi connectivity index (χ0n) is 20.1. The van der Waals surface area contributed by atoms with Crippen LogP contribution in [0.4, 0.5) is 10.5 Å². The largest absolute Gasteiger partial charge is 0.331 e. The van der Waals surface area contributed by atoms with Crippen molar-refractivity contribution in [3.63, 3.8) is 0 Å². The van der Waals surface area contributed by atoms with Crippen molar-refractivity contribution >= 4 is 33.2 Å². The minimum atomic E-state index is -3.51. The number of sulfone groups is 1. The number of nitrogens with zero attached hydrogens (tertiary/aromatic N) is 1. The van der Waals surface area contributed by atoms with Crippen molar-refractivity contribution in [1.29, 1.82) is 0 Å². The van der Waals surface area contributed by atoms with Crippen LogP contribution < -0.4 is 10.6 Å². The van der Waals surface area contributed by atoms with E-state index in [1.807, 2.05) is 50.4 Å². The van der Waals surface area contributed by atoms with Crippen LogP contribution in [-0.4, -0.2) is 26.4 Å². The molecule has 1 aliphatic heterocycles. The first-order valence-corrected chi connectivity index (χ1v) is 13.7. The number of aryl methyl sites for hydroxylation is 1. The second-order valence-electron chi connectivity index (χ2n) is 9.09. The summed E-state index contributed by atoms with van der Waals surface area (Å²) in [6, 6.07) is 17.2. The van der Waals surface area contributed by atoms with Crippen molar-refractivity contribution in [2.45, 2.75) is 50.0 Å². The fourth-order valence-corrected chi connectivity index (χ4v) is 5.96. The molecule has 0 spiro atoms. The van der Waals surface area contributed by atoms with Gasteiger partial charge in [-0.3, -0.25) is 4.90 Å². The number of carbonyl (C=O) groups excluding carboxylic acids is 1. The Morgan fingerprint density at radius 2 is 1.69 bits per heavy atom. The molecular formula is C27H30ClN3O3S. The van der Waals surface area contributed by atoms with Crippen LogP contribution in [-0.2, 0) is 35.1 Å². The number of halogens is 1. The van der Waals surface area contributed by atoms with E-state index in [0.717, 1.165) is 36.2 Å². The Morgan fingerprint density at radius 3 is 2.40 bits per heavy atom. The maximum Gasteiger partial charge on any atom is 0.319 e. The molecule has 2 N–H and O–H groups in total. The van der Waals surface area contributed by atoms with Gasteiger partial charge < -0.3 is 10.6 Å². The van der Waals surface area contributed by atoms with Gasteiger partial charge >= 0.3 is 6.03 Å². The average Bonchev–Trinajstić information content (AvgIpc) is 3.18. The summed E-state index contributed by atoms with van der Waals surface area (Å²) in [5.74, 6) is -0.0631. The Kier molecular flexibility index (Phi) is 7.50. The molecule has 6 nitrogen and oxygen atoms in total. The molecule has 0 aromatic heterocycles. The topological polar surface area (TPSA) is 78.5 Å². The maximum atomic E-state index is 13.0. The summed E-state index contributed by atoms with van der Waals surface area (Å²) in [5.41, 5.74) is 5.70. The van der Waals surface area contributed by atoms with Crippen LogP contribution in [0.5, 0.6) is 0 Å². The number of fused-ring (bicyclic) bond motifs is 1. The molecule has 4 rings (SSSR count). The highest BCUT2D eigenvalue weighted by Gasteiger charge is 2.20. The molecule has 0 saturated heterocycles. The van der Waals surface area contributed by atoms with Gasteiger partial charge in [0.05, 0.1) is 16.7 Å². The molecular weight excluding hydrogens is 482 g/mol. The lowest BCUT2D eigenvalue weighted by molar-refractivity contribution is 0.249. The van der Waals surface area contributed by atoms with Crippen LogP contribution in [0.2, 0.25) is 5.02 Å². The van der Waals surface area contributed by atoms with E-state index in [4.69, 9.17) is 11.6 Å². The first kappa shape index (κ1) is 25.2. The third kappa shape index (κ3) is 6.04. The minimum absolute atomic E-state index is 0.0631. The molecule has 0 aliphatic carbocycles. The number of hydrogen-bond donors (Lipinski definition) is 2. The smallest absolute Gasteiger partial charge is 0.319 e. The molecule has 3 aromatic carbocycles. The van der Waals surface area contributed by atoms with Gasteiger partial charge in [-0.05, 0) is 78.5 Å². The maximum absolute atomic E-state index is 13.0. The molecule has 184 valence electrons. The Bertz CT molecular complexity index is 1340. The lowest BCUT2D eigenvalue weighted by Crippen LogP contribution is -2.31. The molecule has 0 bridgehead atoms. The van der Waals surface area contributed by atoms with E-state index in [1.165, 1.54) is 23.3 Å². The molecule has 1 heterocycles. The van der Waals surface area contributed by atoms with Crippen LogP contribution in [0, 0.1) is 0 Å². The van der Waals surface area contributed by atoms with Crippen molar-refractivity contribution < 1.29 is 13.2 Å². The summed E-state index contributed by atoms with van der Waals surface area (Å²) in [5, 5.41) is 6.24. The summed E-state index contributed by atoms with van der Waals surface area (Å²) >= 11 is 6.31. The van der Waals surface area contributed by atoms with E-state index in [2.05, 4.69) is 22.5 Å². The van der Waals surface area contributed by atoms with Crippen LogP contribution >= 0.6 is 11.6 Å².